The Labute approximate surface area is 173 Å². The molecule has 5 heteroatoms. The highest BCUT2D eigenvalue weighted by Gasteiger charge is 2.37. The highest BCUT2D eigenvalue weighted by Crippen LogP contribution is 2.39. The predicted octanol–water partition coefficient (Wildman–Crippen LogP) is 5.32. The van der Waals surface area contributed by atoms with E-state index in [0.717, 1.165) is 40.0 Å². The third-order valence-electron chi connectivity index (χ3n) is 5.69. The minimum Gasteiger partial charge on any atom is -0.449 e. The number of carbonyl (C=O) groups excluding carboxylic acids is 2. The van der Waals surface area contributed by atoms with Crippen molar-refractivity contribution in [2.45, 2.75) is 54.0 Å². The molecule has 5 nitrogen and oxygen atoms in total. The van der Waals surface area contributed by atoms with Crippen LogP contribution in [0, 0.1) is 27.7 Å². The Kier molecular flexibility index (Phi) is 5.96. The van der Waals surface area contributed by atoms with Crippen molar-refractivity contribution in [3.8, 4) is 0 Å². The standard InChI is InChI=1S/C24H30N2O3/c1-7-19-14-25(23(27)20-10-9-15(3)11-18(20)6)21-12-16(4)17(5)13-22(21)26(19)24(28)29-8-2/h9-13,19H,7-8,14H2,1-6H3. The summed E-state index contributed by atoms with van der Waals surface area (Å²) in [6.07, 6.45) is 0.365. The number of anilines is 2. The zero-order valence-electron chi connectivity index (χ0n) is 18.2. The predicted molar refractivity (Wildman–Crippen MR) is 117 cm³/mol. The van der Waals surface area contributed by atoms with Crippen LogP contribution in [-0.2, 0) is 4.74 Å². The van der Waals surface area contributed by atoms with Gasteiger partial charge >= 0.3 is 6.09 Å². The summed E-state index contributed by atoms with van der Waals surface area (Å²) in [5.74, 6) is -0.0334. The van der Waals surface area contributed by atoms with E-state index in [-0.39, 0.29) is 18.0 Å². The fraction of sp³-hybridized carbons (Fsp3) is 0.417. The van der Waals surface area contributed by atoms with Gasteiger partial charge in [-0.2, -0.15) is 0 Å². The maximum Gasteiger partial charge on any atom is 0.414 e. The topological polar surface area (TPSA) is 49.9 Å². The van der Waals surface area contributed by atoms with E-state index in [9.17, 15) is 9.59 Å². The molecule has 154 valence electrons. The van der Waals surface area contributed by atoms with Crippen LogP contribution in [0.15, 0.2) is 30.3 Å². The van der Waals surface area contributed by atoms with Crippen molar-refractivity contribution >= 4 is 23.4 Å². The first-order valence-corrected chi connectivity index (χ1v) is 10.2. The van der Waals surface area contributed by atoms with E-state index < -0.39 is 0 Å². The molecule has 0 aromatic heterocycles. The lowest BCUT2D eigenvalue weighted by Gasteiger charge is -2.42. The molecule has 0 aliphatic carbocycles. The van der Waals surface area contributed by atoms with Crippen molar-refractivity contribution in [1.82, 2.24) is 0 Å². The van der Waals surface area contributed by atoms with Crippen molar-refractivity contribution in [3.63, 3.8) is 0 Å². The summed E-state index contributed by atoms with van der Waals surface area (Å²) in [5.41, 5.74) is 6.44. The zero-order chi connectivity index (χ0) is 21.3. The number of rotatable bonds is 3. The molecule has 2 aromatic carbocycles. The molecule has 1 unspecified atom stereocenters. The van der Waals surface area contributed by atoms with Gasteiger partial charge in [0.15, 0.2) is 0 Å². The maximum absolute atomic E-state index is 13.5. The molecular formula is C24H30N2O3. The Morgan fingerprint density at radius 3 is 2.21 bits per heavy atom. The summed E-state index contributed by atoms with van der Waals surface area (Å²) >= 11 is 0. The van der Waals surface area contributed by atoms with Gasteiger partial charge in [-0.25, -0.2) is 4.79 Å². The first-order valence-electron chi connectivity index (χ1n) is 10.2. The third-order valence-corrected chi connectivity index (χ3v) is 5.69. The van der Waals surface area contributed by atoms with Crippen LogP contribution in [-0.4, -0.2) is 31.2 Å². The number of benzene rings is 2. The largest absolute Gasteiger partial charge is 0.449 e. The van der Waals surface area contributed by atoms with Crippen molar-refractivity contribution in [1.29, 1.82) is 0 Å². The molecule has 1 atom stereocenters. The smallest absolute Gasteiger partial charge is 0.414 e. The van der Waals surface area contributed by atoms with E-state index >= 15 is 0 Å². The number of carbonyl (C=O) groups is 2. The number of hydrogen-bond acceptors (Lipinski definition) is 3. The van der Waals surface area contributed by atoms with Gasteiger partial charge in [0.2, 0.25) is 0 Å². The van der Waals surface area contributed by atoms with Crippen LogP contribution in [0.5, 0.6) is 0 Å². The van der Waals surface area contributed by atoms with Crippen molar-refractivity contribution in [3.05, 3.63) is 58.1 Å². The van der Waals surface area contributed by atoms with E-state index in [4.69, 9.17) is 4.74 Å². The van der Waals surface area contributed by atoms with Crippen LogP contribution in [0.25, 0.3) is 0 Å². The Balaban J connectivity index is 2.14. The summed E-state index contributed by atoms with van der Waals surface area (Å²) in [7, 11) is 0. The molecule has 1 heterocycles. The molecule has 29 heavy (non-hydrogen) atoms. The van der Waals surface area contributed by atoms with E-state index in [1.165, 1.54) is 0 Å². The lowest BCUT2D eigenvalue weighted by molar-refractivity contribution is 0.0981. The first kappa shape index (κ1) is 20.9. The Morgan fingerprint density at radius 2 is 1.62 bits per heavy atom. The van der Waals surface area contributed by atoms with Crippen molar-refractivity contribution < 1.29 is 14.3 Å². The average molecular weight is 395 g/mol. The highest BCUT2D eigenvalue weighted by atomic mass is 16.6. The minimum absolute atomic E-state index is 0.0334. The van der Waals surface area contributed by atoms with Crippen LogP contribution in [0.1, 0.15) is 52.9 Å². The molecule has 0 bridgehead atoms. The lowest BCUT2D eigenvalue weighted by atomic mass is 9.98. The minimum atomic E-state index is -0.359. The molecule has 2 amide bonds. The number of amides is 2. The molecule has 0 N–H and O–H groups in total. The molecule has 1 aliphatic rings. The summed E-state index contributed by atoms with van der Waals surface area (Å²) in [5, 5.41) is 0. The van der Waals surface area contributed by atoms with Crippen LogP contribution in [0.4, 0.5) is 16.2 Å². The second-order valence-electron chi connectivity index (χ2n) is 7.79. The Morgan fingerprint density at radius 1 is 0.966 bits per heavy atom. The molecule has 0 saturated carbocycles. The van der Waals surface area contributed by atoms with Crippen LogP contribution >= 0.6 is 0 Å². The van der Waals surface area contributed by atoms with E-state index in [1.807, 2.05) is 69.9 Å². The maximum atomic E-state index is 13.5. The average Bonchev–Trinajstić information content (AvgIpc) is 2.67. The first-order chi connectivity index (χ1) is 13.8. The van der Waals surface area contributed by atoms with Gasteiger partial charge in [-0.1, -0.05) is 24.6 Å². The number of ether oxygens (including phenoxy) is 1. The third kappa shape index (κ3) is 3.86. The number of fused-ring (bicyclic) bond motifs is 1. The summed E-state index contributed by atoms with van der Waals surface area (Å²) < 4.78 is 5.34. The number of aryl methyl sites for hydroxylation is 4. The van der Waals surface area contributed by atoms with E-state index in [0.29, 0.717) is 18.7 Å². The van der Waals surface area contributed by atoms with Crippen molar-refractivity contribution in [2.75, 3.05) is 23.0 Å². The summed E-state index contributed by atoms with van der Waals surface area (Å²) in [4.78, 5) is 29.9. The lowest BCUT2D eigenvalue weighted by Crippen LogP contribution is -2.53. The number of hydrogen-bond donors (Lipinski definition) is 0. The van der Waals surface area contributed by atoms with Gasteiger partial charge in [-0.15, -0.1) is 0 Å². The second kappa shape index (κ2) is 8.27. The monoisotopic (exact) mass is 394 g/mol. The van der Waals surface area contributed by atoms with Gasteiger partial charge in [0.05, 0.1) is 24.0 Å². The van der Waals surface area contributed by atoms with Crippen molar-refractivity contribution in [2.24, 2.45) is 0 Å². The molecule has 1 aliphatic heterocycles. The molecule has 0 fully saturated rings. The quantitative estimate of drug-likeness (QED) is 0.708. The molecular weight excluding hydrogens is 364 g/mol. The molecule has 0 radical (unpaired) electrons. The summed E-state index contributed by atoms with van der Waals surface area (Å²) in [6, 6.07) is 9.75. The number of nitrogens with zero attached hydrogens (tertiary/aromatic N) is 2. The Hall–Kier alpha value is -2.82. The molecule has 0 spiro atoms. The van der Waals surface area contributed by atoms with E-state index in [1.54, 1.807) is 11.8 Å². The fourth-order valence-electron chi connectivity index (χ4n) is 3.93. The highest BCUT2D eigenvalue weighted by molar-refractivity contribution is 6.11. The van der Waals surface area contributed by atoms with Crippen LogP contribution < -0.4 is 9.80 Å². The van der Waals surface area contributed by atoms with Gasteiger partial charge in [-0.05, 0) is 75.9 Å². The van der Waals surface area contributed by atoms with Crippen LogP contribution in [0.2, 0.25) is 0 Å². The normalized spacial score (nSPS) is 15.9. The van der Waals surface area contributed by atoms with Gasteiger partial charge in [0.25, 0.3) is 5.91 Å². The van der Waals surface area contributed by atoms with Crippen LogP contribution in [0.3, 0.4) is 0 Å². The Bertz CT molecular complexity index is 951. The second-order valence-corrected chi connectivity index (χ2v) is 7.79. The van der Waals surface area contributed by atoms with Gasteiger partial charge in [-0.3, -0.25) is 9.69 Å². The molecule has 0 saturated heterocycles. The zero-order valence-corrected chi connectivity index (χ0v) is 18.2. The fourth-order valence-corrected chi connectivity index (χ4v) is 3.93. The van der Waals surface area contributed by atoms with Gasteiger partial charge in [0.1, 0.15) is 0 Å². The van der Waals surface area contributed by atoms with E-state index in [2.05, 4.69) is 0 Å². The van der Waals surface area contributed by atoms with Gasteiger partial charge in [0, 0.05) is 12.1 Å². The summed E-state index contributed by atoms with van der Waals surface area (Å²) in [6.45, 7) is 12.6. The molecule has 2 aromatic rings. The van der Waals surface area contributed by atoms with Gasteiger partial charge < -0.3 is 9.64 Å². The SMILES string of the molecule is CCOC(=O)N1c2cc(C)c(C)cc2N(C(=O)c2ccc(C)cc2C)CC1CC. The molecule has 3 rings (SSSR count).